The molecule has 14 heavy (non-hydrogen) atoms. The Morgan fingerprint density at radius 2 is 2.29 bits per heavy atom. The van der Waals surface area contributed by atoms with Gasteiger partial charge < -0.3 is 5.73 Å². The normalized spacial score (nSPS) is 11.0. The van der Waals surface area contributed by atoms with E-state index >= 15 is 0 Å². The van der Waals surface area contributed by atoms with Crippen LogP contribution in [0.2, 0.25) is 0 Å². The fraction of sp³-hybridized carbons (Fsp3) is 0.300. The molecule has 0 amide bonds. The van der Waals surface area contributed by atoms with Crippen molar-refractivity contribution in [3.05, 3.63) is 28.4 Å². The first-order valence-electron chi connectivity index (χ1n) is 4.63. The van der Waals surface area contributed by atoms with Gasteiger partial charge in [0.15, 0.2) is 0 Å². The average Bonchev–Trinajstić information content (AvgIpc) is 2.63. The highest BCUT2D eigenvalue weighted by Crippen LogP contribution is 2.24. The Balaban J connectivity index is 2.38. The van der Waals surface area contributed by atoms with Crippen LogP contribution in [0.1, 0.15) is 12.0 Å². The fourth-order valence-electron chi connectivity index (χ4n) is 1.52. The van der Waals surface area contributed by atoms with Crippen molar-refractivity contribution in [1.82, 2.24) is 10.2 Å². The molecule has 3 nitrogen and oxygen atoms in total. The van der Waals surface area contributed by atoms with E-state index in [-0.39, 0.29) is 0 Å². The van der Waals surface area contributed by atoms with E-state index in [1.54, 1.807) is 0 Å². The molecule has 0 atom stereocenters. The molecule has 2 aromatic rings. The number of hydrogen-bond donors (Lipinski definition) is 2. The van der Waals surface area contributed by atoms with E-state index in [4.69, 9.17) is 5.73 Å². The molecule has 4 heteroatoms. The molecule has 1 heterocycles. The Labute approximate surface area is 90.8 Å². The summed E-state index contributed by atoms with van der Waals surface area (Å²) < 4.78 is 1.07. The molecule has 0 spiro atoms. The average molecular weight is 254 g/mol. The second-order valence-electron chi connectivity index (χ2n) is 3.30. The third-order valence-corrected chi connectivity index (χ3v) is 2.86. The van der Waals surface area contributed by atoms with E-state index in [9.17, 15) is 0 Å². The summed E-state index contributed by atoms with van der Waals surface area (Å²) in [6, 6.07) is 4.27. The number of aryl methyl sites for hydroxylation is 1. The highest BCUT2D eigenvalue weighted by molar-refractivity contribution is 9.10. The Hall–Kier alpha value is -0.870. The molecule has 3 N–H and O–H groups in total. The monoisotopic (exact) mass is 253 g/mol. The van der Waals surface area contributed by atoms with Gasteiger partial charge in [-0.3, -0.25) is 5.10 Å². The van der Waals surface area contributed by atoms with Gasteiger partial charge in [0.05, 0.1) is 11.7 Å². The van der Waals surface area contributed by atoms with Gasteiger partial charge in [0.1, 0.15) is 0 Å². The third kappa shape index (κ3) is 1.81. The van der Waals surface area contributed by atoms with Crippen LogP contribution in [0.15, 0.2) is 22.8 Å². The van der Waals surface area contributed by atoms with Gasteiger partial charge >= 0.3 is 0 Å². The molecule has 1 aromatic heterocycles. The summed E-state index contributed by atoms with van der Waals surface area (Å²) in [5.74, 6) is 0. The van der Waals surface area contributed by atoms with Crippen molar-refractivity contribution in [2.75, 3.05) is 6.54 Å². The summed E-state index contributed by atoms with van der Waals surface area (Å²) in [6.45, 7) is 0.737. The standard InChI is InChI=1S/C10H12BrN3/c11-9-5-7(2-1-3-12)4-8-6-13-14-10(8)9/h4-6H,1-3,12H2,(H,13,14). The minimum atomic E-state index is 0.737. The smallest absolute Gasteiger partial charge is 0.0792 e. The molecule has 0 bridgehead atoms. The lowest BCUT2D eigenvalue weighted by atomic mass is 10.1. The number of aromatic nitrogens is 2. The van der Waals surface area contributed by atoms with Crippen molar-refractivity contribution >= 4 is 26.8 Å². The fourth-order valence-corrected chi connectivity index (χ4v) is 2.13. The maximum atomic E-state index is 5.48. The first-order valence-corrected chi connectivity index (χ1v) is 5.42. The molecule has 1 aromatic carbocycles. The molecule has 0 saturated heterocycles. The number of nitrogens with one attached hydrogen (secondary N) is 1. The SMILES string of the molecule is NCCCc1cc(Br)c2[nH]ncc2c1. The number of rotatable bonds is 3. The van der Waals surface area contributed by atoms with Gasteiger partial charge in [0.25, 0.3) is 0 Å². The Morgan fingerprint density at radius 3 is 3.07 bits per heavy atom. The molecule has 0 aliphatic rings. The third-order valence-electron chi connectivity index (χ3n) is 2.23. The number of fused-ring (bicyclic) bond motifs is 1. The van der Waals surface area contributed by atoms with Crippen molar-refractivity contribution in [2.45, 2.75) is 12.8 Å². The predicted octanol–water partition coefficient (Wildman–Crippen LogP) is 2.22. The lowest BCUT2D eigenvalue weighted by Crippen LogP contribution is -2.00. The first kappa shape index (κ1) is 9.68. The summed E-state index contributed by atoms with van der Waals surface area (Å²) >= 11 is 3.52. The number of halogens is 1. The number of H-pyrrole nitrogens is 1. The molecule has 0 radical (unpaired) electrons. The van der Waals surface area contributed by atoms with Crippen LogP contribution in [0.25, 0.3) is 10.9 Å². The van der Waals surface area contributed by atoms with E-state index in [2.05, 4.69) is 38.3 Å². The van der Waals surface area contributed by atoms with Crippen LogP contribution in [-0.2, 0) is 6.42 Å². The molecule has 0 saturated carbocycles. The van der Waals surface area contributed by atoms with Crippen LogP contribution in [0.5, 0.6) is 0 Å². The number of nitrogens with zero attached hydrogens (tertiary/aromatic N) is 1. The molecular weight excluding hydrogens is 242 g/mol. The second kappa shape index (κ2) is 4.11. The zero-order valence-electron chi connectivity index (χ0n) is 7.76. The van der Waals surface area contributed by atoms with Crippen molar-refractivity contribution in [3.8, 4) is 0 Å². The molecular formula is C10H12BrN3. The highest BCUT2D eigenvalue weighted by Gasteiger charge is 2.03. The van der Waals surface area contributed by atoms with Gasteiger partial charge in [-0.2, -0.15) is 5.10 Å². The Kier molecular flexibility index (Phi) is 2.84. The topological polar surface area (TPSA) is 54.7 Å². The molecule has 0 fully saturated rings. The second-order valence-corrected chi connectivity index (χ2v) is 4.16. The zero-order chi connectivity index (χ0) is 9.97. The van der Waals surface area contributed by atoms with Crippen LogP contribution >= 0.6 is 15.9 Å². The van der Waals surface area contributed by atoms with Gasteiger partial charge in [-0.05, 0) is 53.0 Å². The maximum absolute atomic E-state index is 5.48. The zero-order valence-corrected chi connectivity index (χ0v) is 9.34. The van der Waals surface area contributed by atoms with E-state index in [0.29, 0.717) is 0 Å². The molecule has 0 aliphatic carbocycles. The molecule has 0 aliphatic heterocycles. The highest BCUT2D eigenvalue weighted by atomic mass is 79.9. The lowest BCUT2D eigenvalue weighted by molar-refractivity contribution is 0.833. The van der Waals surface area contributed by atoms with E-state index in [0.717, 1.165) is 34.8 Å². The molecule has 74 valence electrons. The Bertz CT molecular complexity index is 436. The predicted molar refractivity (Wildman–Crippen MR) is 61.2 cm³/mol. The number of nitrogens with two attached hydrogens (primary N) is 1. The molecule has 0 unspecified atom stereocenters. The van der Waals surface area contributed by atoms with Crippen LogP contribution < -0.4 is 5.73 Å². The van der Waals surface area contributed by atoms with Crippen LogP contribution in [-0.4, -0.2) is 16.7 Å². The quantitative estimate of drug-likeness (QED) is 0.882. The summed E-state index contributed by atoms with van der Waals surface area (Å²) in [5.41, 5.74) is 7.84. The summed E-state index contributed by atoms with van der Waals surface area (Å²) in [7, 11) is 0. The van der Waals surface area contributed by atoms with Crippen molar-refractivity contribution < 1.29 is 0 Å². The summed E-state index contributed by atoms with van der Waals surface area (Å²) in [4.78, 5) is 0. The van der Waals surface area contributed by atoms with Crippen molar-refractivity contribution in [2.24, 2.45) is 5.73 Å². The Morgan fingerprint density at radius 1 is 1.43 bits per heavy atom. The van der Waals surface area contributed by atoms with E-state index in [1.165, 1.54) is 5.56 Å². The largest absolute Gasteiger partial charge is 0.330 e. The number of benzene rings is 1. The van der Waals surface area contributed by atoms with E-state index in [1.807, 2.05) is 6.20 Å². The number of aromatic amines is 1. The lowest BCUT2D eigenvalue weighted by Gasteiger charge is -2.01. The van der Waals surface area contributed by atoms with Gasteiger partial charge in [0, 0.05) is 9.86 Å². The van der Waals surface area contributed by atoms with Gasteiger partial charge in [-0.15, -0.1) is 0 Å². The minimum Gasteiger partial charge on any atom is -0.330 e. The van der Waals surface area contributed by atoms with E-state index < -0.39 is 0 Å². The summed E-state index contributed by atoms with van der Waals surface area (Å²) in [6.07, 6.45) is 3.89. The summed E-state index contributed by atoms with van der Waals surface area (Å²) in [5, 5.41) is 8.10. The van der Waals surface area contributed by atoms with Gasteiger partial charge in [0.2, 0.25) is 0 Å². The van der Waals surface area contributed by atoms with Crippen LogP contribution in [0.3, 0.4) is 0 Å². The minimum absolute atomic E-state index is 0.737. The van der Waals surface area contributed by atoms with Crippen LogP contribution in [0, 0.1) is 0 Å². The first-order chi connectivity index (χ1) is 6.81. The molecule has 2 rings (SSSR count). The van der Waals surface area contributed by atoms with Crippen molar-refractivity contribution in [3.63, 3.8) is 0 Å². The maximum Gasteiger partial charge on any atom is 0.0792 e. The number of hydrogen-bond acceptors (Lipinski definition) is 2. The van der Waals surface area contributed by atoms with Crippen LogP contribution in [0.4, 0.5) is 0 Å². The van der Waals surface area contributed by atoms with Crippen molar-refractivity contribution in [1.29, 1.82) is 0 Å². The van der Waals surface area contributed by atoms with Gasteiger partial charge in [-0.25, -0.2) is 0 Å². The van der Waals surface area contributed by atoms with Gasteiger partial charge in [-0.1, -0.05) is 0 Å².